The number of pyridine rings is 2. The Morgan fingerprint density at radius 1 is 0.943 bits per heavy atom. The molecule has 3 heterocycles. The molecule has 0 saturated heterocycles. The average molecular weight is 457 g/mol. The first-order valence-corrected chi connectivity index (χ1v) is 12.8. The zero-order valence-electron chi connectivity index (χ0n) is 20.9. The van der Waals surface area contributed by atoms with Gasteiger partial charge in [-0.2, -0.15) is 0 Å². The lowest BCUT2D eigenvalue weighted by Gasteiger charge is -2.34. The van der Waals surface area contributed by atoms with Crippen molar-refractivity contribution in [3.63, 3.8) is 0 Å². The second-order valence-corrected chi connectivity index (χ2v) is 11.5. The topological polar surface area (TPSA) is 12.6 Å². The Bertz CT molecular complexity index is 1850. The molecule has 3 aromatic heterocycles. The summed E-state index contributed by atoms with van der Waals surface area (Å²) in [6, 6.07) is 17.9. The van der Waals surface area contributed by atoms with Gasteiger partial charge in [0.1, 0.15) is 7.05 Å². The third kappa shape index (κ3) is 2.80. The molecule has 0 N–H and O–H groups in total. The van der Waals surface area contributed by atoms with Gasteiger partial charge in [-0.1, -0.05) is 38.1 Å². The van der Waals surface area contributed by atoms with Crippen LogP contribution in [0, 0.1) is 18.9 Å². The number of rotatable bonds is 1. The molecule has 7 rings (SSSR count). The molecule has 1 aliphatic rings. The summed E-state index contributed by atoms with van der Waals surface area (Å²) in [6.07, 6.45) is 7.33. The fraction of sp³-hybridized carbons (Fsp3) is 0.312. The number of aryl methyl sites for hydroxylation is 2. The fourth-order valence-corrected chi connectivity index (χ4v) is 6.77. The molecule has 1 fully saturated rings. The monoisotopic (exact) mass is 456 g/mol. The summed E-state index contributed by atoms with van der Waals surface area (Å²) in [7, 11) is 2.17. The Hall–Kier alpha value is -3.64. The van der Waals surface area contributed by atoms with Crippen LogP contribution in [-0.4, -0.2) is 4.40 Å². The summed E-state index contributed by atoms with van der Waals surface area (Å²) in [5, 5.41) is 6.39. The van der Waals surface area contributed by atoms with Gasteiger partial charge < -0.3 is 4.40 Å². The highest BCUT2D eigenvalue weighted by Crippen LogP contribution is 2.46. The lowest BCUT2D eigenvalue weighted by molar-refractivity contribution is -0.643. The Morgan fingerprint density at radius 3 is 2.51 bits per heavy atom. The van der Waals surface area contributed by atoms with E-state index in [9.17, 15) is 0 Å². The molecule has 0 radical (unpaired) electrons. The molecule has 3 heteroatoms. The first kappa shape index (κ1) is 20.7. The predicted molar refractivity (Wildman–Crippen MR) is 146 cm³/mol. The Kier molecular flexibility index (Phi) is 4.11. The van der Waals surface area contributed by atoms with E-state index in [1.54, 1.807) is 0 Å². The number of hydrogen-bond acceptors (Lipinski definition) is 0. The van der Waals surface area contributed by atoms with Gasteiger partial charge in [0, 0.05) is 11.5 Å². The van der Waals surface area contributed by atoms with E-state index < -0.39 is 0 Å². The van der Waals surface area contributed by atoms with Gasteiger partial charge in [0.25, 0.3) is 0 Å². The van der Waals surface area contributed by atoms with Crippen molar-refractivity contribution in [1.82, 2.24) is 4.40 Å². The lowest BCUT2D eigenvalue weighted by Crippen LogP contribution is -2.29. The third-order valence-electron chi connectivity index (χ3n) is 8.78. The van der Waals surface area contributed by atoms with E-state index in [0.29, 0.717) is 17.0 Å². The summed E-state index contributed by atoms with van der Waals surface area (Å²) >= 11 is 0. The van der Waals surface area contributed by atoms with Gasteiger partial charge >= 0.3 is 0 Å². The van der Waals surface area contributed by atoms with Crippen LogP contribution in [0.25, 0.3) is 53.8 Å². The second-order valence-electron chi connectivity index (χ2n) is 11.5. The first-order valence-electron chi connectivity index (χ1n) is 12.8. The molecular weight excluding hydrogens is 426 g/mol. The number of fused-ring (bicyclic) bond motifs is 5. The van der Waals surface area contributed by atoms with Gasteiger partial charge in [0.05, 0.1) is 33.9 Å². The van der Waals surface area contributed by atoms with Crippen LogP contribution in [0.4, 0.5) is 5.69 Å². The van der Waals surface area contributed by atoms with E-state index in [1.165, 1.54) is 85.8 Å². The largest absolute Gasteiger partial charge is 0.308 e. The minimum atomic E-state index is 0.461. The van der Waals surface area contributed by atoms with Crippen LogP contribution >= 0.6 is 0 Å². The Labute approximate surface area is 205 Å². The van der Waals surface area contributed by atoms with Crippen LogP contribution in [0.5, 0.6) is 0 Å². The van der Waals surface area contributed by atoms with E-state index in [2.05, 4.69) is 90.3 Å². The Balaban J connectivity index is 1.68. The molecule has 0 spiro atoms. The molecule has 0 amide bonds. The molecule has 35 heavy (non-hydrogen) atoms. The van der Waals surface area contributed by atoms with Gasteiger partial charge in [-0.15, -0.1) is 0 Å². The summed E-state index contributed by atoms with van der Waals surface area (Å²) in [6.45, 7) is 14.6. The third-order valence-corrected chi connectivity index (χ3v) is 8.78. The van der Waals surface area contributed by atoms with Crippen molar-refractivity contribution < 1.29 is 4.57 Å². The molecule has 0 aliphatic heterocycles. The standard InChI is InChI=1S/C32H30N3/c1-19-6-8-24-25-18-23(33-4)7-9-26(25)35-27-17-22(20-10-13-32(2,3)14-11-20)16-21-12-15-34(5)31(29(21)27)28(19)30(24)35/h6-9,12,15-18,20H,10-11,13-14H2,1-3,5H3/q+1. The van der Waals surface area contributed by atoms with Gasteiger partial charge in [0.15, 0.2) is 11.9 Å². The van der Waals surface area contributed by atoms with Crippen molar-refractivity contribution in [2.75, 3.05) is 0 Å². The fourth-order valence-electron chi connectivity index (χ4n) is 6.77. The number of nitrogens with zero attached hydrogens (tertiary/aromatic N) is 3. The maximum atomic E-state index is 7.58. The zero-order chi connectivity index (χ0) is 24.1. The van der Waals surface area contributed by atoms with Crippen molar-refractivity contribution in [3.8, 4) is 0 Å². The van der Waals surface area contributed by atoms with Gasteiger partial charge in [-0.05, 0) is 84.0 Å². The maximum Gasteiger partial charge on any atom is 0.224 e. The van der Waals surface area contributed by atoms with Crippen molar-refractivity contribution in [2.24, 2.45) is 12.5 Å². The highest BCUT2D eigenvalue weighted by atomic mass is 15.0. The Morgan fingerprint density at radius 2 is 1.74 bits per heavy atom. The van der Waals surface area contributed by atoms with Crippen LogP contribution in [0.3, 0.4) is 0 Å². The average Bonchev–Trinajstić information content (AvgIpc) is 3.18. The quantitative estimate of drug-likeness (QED) is 0.102. The van der Waals surface area contributed by atoms with E-state index in [-0.39, 0.29) is 0 Å². The summed E-state index contributed by atoms with van der Waals surface area (Å²) in [5.74, 6) is 0.617. The zero-order valence-corrected chi connectivity index (χ0v) is 20.9. The molecule has 6 aromatic rings. The number of benzene rings is 3. The minimum Gasteiger partial charge on any atom is -0.308 e. The summed E-state index contributed by atoms with van der Waals surface area (Å²) in [5.41, 5.74) is 9.00. The molecule has 3 aromatic carbocycles. The molecule has 1 aliphatic carbocycles. The van der Waals surface area contributed by atoms with Crippen LogP contribution in [0.15, 0.2) is 54.7 Å². The van der Waals surface area contributed by atoms with E-state index in [0.717, 1.165) is 0 Å². The lowest BCUT2D eigenvalue weighted by atomic mass is 9.71. The molecule has 0 unspecified atom stereocenters. The van der Waals surface area contributed by atoms with Crippen molar-refractivity contribution in [2.45, 2.75) is 52.4 Å². The van der Waals surface area contributed by atoms with Gasteiger partial charge in [0.2, 0.25) is 5.52 Å². The normalized spacial score (nSPS) is 16.8. The molecule has 0 atom stereocenters. The van der Waals surface area contributed by atoms with Crippen LogP contribution in [-0.2, 0) is 7.05 Å². The molecule has 172 valence electrons. The van der Waals surface area contributed by atoms with Crippen LogP contribution in [0.1, 0.15) is 56.6 Å². The smallest absolute Gasteiger partial charge is 0.224 e. The molecule has 0 bridgehead atoms. The summed E-state index contributed by atoms with van der Waals surface area (Å²) < 4.78 is 4.79. The second kappa shape index (κ2) is 6.95. The van der Waals surface area contributed by atoms with Crippen LogP contribution in [0.2, 0.25) is 0 Å². The maximum absolute atomic E-state index is 7.58. The SMILES string of the molecule is [C-]#[N+]c1ccc2c(c1)c1ccc(C)c3c1n2c1cc(C2CCC(C)(C)CC2)cc2cc[n+](C)c3c21. The highest BCUT2D eigenvalue weighted by Gasteiger charge is 2.29. The van der Waals surface area contributed by atoms with Gasteiger partial charge in [-0.3, -0.25) is 0 Å². The van der Waals surface area contributed by atoms with E-state index in [1.807, 2.05) is 6.07 Å². The molecule has 3 nitrogen and oxygen atoms in total. The molecular formula is C32H30N3+. The highest BCUT2D eigenvalue weighted by molar-refractivity contribution is 6.26. The van der Waals surface area contributed by atoms with Gasteiger partial charge in [-0.25, -0.2) is 9.41 Å². The van der Waals surface area contributed by atoms with Crippen molar-refractivity contribution in [3.05, 3.63) is 77.3 Å². The van der Waals surface area contributed by atoms with Crippen LogP contribution < -0.4 is 4.57 Å². The van der Waals surface area contributed by atoms with E-state index >= 15 is 0 Å². The molecule has 1 saturated carbocycles. The minimum absolute atomic E-state index is 0.461. The van der Waals surface area contributed by atoms with E-state index in [4.69, 9.17) is 6.57 Å². The van der Waals surface area contributed by atoms with Crippen molar-refractivity contribution in [1.29, 1.82) is 0 Å². The summed E-state index contributed by atoms with van der Waals surface area (Å²) in [4.78, 5) is 3.73. The first-order chi connectivity index (χ1) is 16.9. The number of aromatic nitrogens is 2. The predicted octanol–water partition coefficient (Wildman–Crippen LogP) is 8.36. The van der Waals surface area contributed by atoms with Crippen molar-refractivity contribution >= 4 is 54.7 Å². The number of hydrogen-bond donors (Lipinski definition) is 0.